The lowest BCUT2D eigenvalue weighted by Gasteiger charge is -2.38. The topological polar surface area (TPSA) is 26.3 Å². The largest absolute Gasteiger partial charge is 0.497 e. The molecule has 2 aliphatic rings. The molecule has 2 saturated carbocycles. The van der Waals surface area contributed by atoms with Crippen LogP contribution >= 0.6 is 0 Å². The van der Waals surface area contributed by atoms with Crippen molar-refractivity contribution in [2.24, 2.45) is 17.8 Å². The molecule has 2 heteroatoms. The maximum Gasteiger partial charge on any atom is 0.166 e. The van der Waals surface area contributed by atoms with Crippen LogP contribution in [0.25, 0.3) is 0 Å². The molecule has 0 heterocycles. The van der Waals surface area contributed by atoms with Gasteiger partial charge in [0.1, 0.15) is 5.75 Å². The van der Waals surface area contributed by atoms with Crippen LogP contribution < -0.4 is 4.74 Å². The molecule has 2 fully saturated rings. The molecule has 0 saturated heterocycles. The normalized spacial score (nSPS) is 29.6. The van der Waals surface area contributed by atoms with Crippen molar-refractivity contribution in [2.45, 2.75) is 44.9 Å². The quantitative estimate of drug-likeness (QED) is 0.758. The predicted octanol–water partition coefficient (Wildman–Crippen LogP) is 4.48. The molecule has 0 aromatic heterocycles. The van der Waals surface area contributed by atoms with E-state index in [1.165, 1.54) is 32.1 Å². The van der Waals surface area contributed by atoms with Gasteiger partial charge >= 0.3 is 0 Å². The molecule has 1 aromatic rings. The second-order valence-corrected chi connectivity index (χ2v) is 6.41. The maximum absolute atomic E-state index is 12.7. The van der Waals surface area contributed by atoms with E-state index < -0.39 is 0 Å². The summed E-state index contributed by atoms with van der Waals surface area (Å²) in [7, 11) is 1.65. The van der Waals surface area contributed by atoms with Gasteiger partial charge in [-0.25, -0.2) is 0 Å². The first-order valence-electron chi connectivity index (χ1n) is 7.96. The maximum atomic E-state index is 12.7. The van der Waals surface area contributed by atoms with Gasteiger partial charge in [-0.05, 0) is 43.2 Å². The molecular formula is C18H24O2. The Hall–Kier alpha value is -1.31. The minimum absolute atomic E-state index is 0.237. The van der Waals surface area contributed by atoms with E-state index >= 15 is 0 Å². The monoisotopic (exact) mass is 272 g/mol. The highest BCUT2D eigenvalue weighted by atomic mass is 16.5. The van der Waals surface area contributed by atoms with Crippen molar-refractivity contribution >= 4 is 5.78 Å². The second kappa shape index (κ2) is 5.99. The fourth-order valence-electron chi connectivity index (χ4n) is 4.12. The molecule has 0 spiro atoms. The Labute approximate surface area is 121 Å². The number of carbonyl (C=O) groups excluding carboxylic acids is 1. The molecule has 3 unspecified atom stereocenters. The summed E-state index contributed by atoms with van der Waals surface area (Å²) in [6, 6.07) is 7.63. The van der Waals surface area contributed by atoms with Gasteiger partial charge in [-0.3, -0.25) is 4.79 Å². The third kappa shape index (κ3) is 2.74. The van der Waals surface area contributed by atoms with Crippen molar-refractivity contribution in [2.75, 3.05) is 7.11 Å². The zero-order chi connectivity index (χ0) is 13.9. The van der Waals surface area contributed by atoms with Crippen molar-refractivity contribution in [1.29, 1.82) is 0 Å². The van der Waals surface area contributed by atoms with Crippen LogP contribution in [0.2, 0.25) is 0 Å². The molecule has 3 atom stereocenters. The smallest absolute Gasteiger partial charge is 0.166 e. The first-order chi connectivity index (χ1) is 9.78. The molecule has 2 nitrogen and oxygen atoms in total. The zero-order valence-corrected chi connectivity index (χ0v) is 12.3. The fraction of sp³-hybridized carbons (Fsp3) is 0.611. The van der Waals surface area contributed by atoms with Gasteiger partial charge in [-0.2, -0.15) is 0 Å². The number of hydrogen-bond acceptors (Lipinski definition) is 2. The Balaban J connectivity index is 1.70. The van der Waals surface area contributed by atoms with Crippen LogP contribution in [0, 0.1) is 17.8 Å². The summed E-state index contributed by atoms with van der Waals surface area (Å²) in [5, 5.41) is 0. The lowest BCUT2D eigenvalue weighted by molar-refractivity contribution is 0.0763. The number of fused-ring (bicyclic) bond motifs is 1. The first-order valence-corrected chi connectivity index (χ1v) is 7.96. The minimum atomic E-state index is 0.237. The molecule has 20 heavy (non-hydrogen) atoms. The number of rotatable bonds is 3. The Kier molecular flexibility index (Phi) is 4.09. The van der Waals surface area contributed by atoms with Crippen molar-refractivity contribution < 1.29 is 9.53 Å². The standard InChI is InChI=1S/C18H24O2/c1-20-17-8-4-7-15(12-17)18(19)16-10-9-13-5-2-3-6-14(13)11-16/h4,7-8,12-14,16H,2-3,5-6,9-11H2,1H3. The lowest BCUT2D eigenvalue weighted by Crippen LogP contribution is -2.31. The van der Waals surface area contributed by atoms with Gasteiger partial charge in [-0.1, -0.05) is 37.8 Å². The number of benzene rings is 1. The number of hydrogen-bond donors (Lipinski definition) is 0. The number of Topliss-reactive ketones (excluding diaryl/α,β-unsaturated/α-hetero) is 1. The fourth-order valence-corrected chi connectivity index (χ4v) is 4.12. The van der Waals surface area contributed by atoms with E-state index in [0.29, 0.717) is 5.78 Å². The average Bonchev–Trinajstić information content (AvgIpc) is 2.53. The molecular weight excluding hydrogens is 248 g/mol. The molecule has 2 aliphatic carbocycles. The van der Waals surface area contributed by atoms with Gasteiger partial charge in [0.2, 0.25) is 0 Å². The average molecular weight is 272 g/mol. The molecule has 3 rings (SSSR count). The van der Waals surface area contributed by atoms with Crippen LogP contribution in [-0.4, -0.2) is 12.9 Å². The van der Waals surface area contributed by atoms with Crippen LogP contribution in [0.3, 0.4) is 0 Å². The van der Waals surface area contributed by atoms with E-state index in [-0.39, 0.29) is 5.92 Å². The molecule has 0 amide bonds. The summed E-state index contributed by atoms with van der Waals surface area (Å²) >= 11 is 0. The second-order valence-electron chi connectivity index (χ2n) is 6.41. The van der Waals surface area contributed by atoms with Gasteiger partial charge < -0.3 is 4.74 Å². The van der Waals surface area contributed by atoms with Crippen LogP contribution in [-0.2, 0) is 0 Å². The Morgan fingerprint density at radius 3 is 2.70 bits per heavy atom. The molecule has 1 aromatic carbocycles. The van der Waals surface area contributed by atoms with E-state index in [4.69, 9.17) is 4.74 Å². The van der Waals surface area contributed by atoms with Crippen LogP contribution in [0.5, 0.6) is 5.75 Å². The minimum Gasteiger partial charge on any atom is -0.497 e. The summed E-state index contributed by atoms with van der Waals surface area (Å²) in [5.41, 5.74) is 0.823. The number of ketones is 1. The van der Waals surface area contributed by atoms with Crippen LogP contribution in [0.1, 0.15) is 55.3 Å². The van der Waals surface area contributed by atoms with Gasteiger partial charge in [0, 0.05) is 11.5 Å². The molecule has 0 radical (unpaired) electrons. The van der Waals surface area contributed by atoms with Gasteiger partial charge in [-0.15, -0.1) is 0 Å². The van der Waals surface area contributed by atoms with Crippen LogP contribution in [0.4, 0.5) is 0 Å². The van der Waals surface area contributed by atoms with E-state index in [1.54, 1.807) is 7.11 Å². The lowest BCUT2D eigenvalue weighted by atomic mass is 9.66. The highest BCUT2D eigenvalue weighted by Crippen LogP contribution is 2.43. The van der Waals surface area contributed by atoms with E-state index in [9.17, 15) is 4.79 Å². The number of carbonyl (C=O) groups is 1. The zero-order valence-electron chi connectivity index (χ0n) is 12.3. The van der Waals surface area contributed by atoms with Crippen LogP contribution in [0.15, 0.2) is 24.3 Å². The van der Waals surface area contributed by atoms with Gasteiger partial charge in [0.25, 0.3) is 0 Å². The highest BCUT2D eigenvalue weighted by Gasteiger charge is 2.35. The summed E-state index contributed by atoms with van der Waals surface area (Å²) < 4.78 is 5.23. The predicted molar refractivity (Wildman–Crippen MR) is 80.1 cm³/mol. The Morgan fingerprint density at radius 2 is 1.90 bits per heavy atom. The third-order valence-electron chi connectivity index (χ3n) is 5.26. The highest BCUT2D eigenvalue weighted by molar-refractivity contribution is 5.98. The Bertz CT molecular complexity index is 480. The molecule has 108 valence electrons. The molecule has 0 N–H and O–H groups in total. The van der Waals surface area contributed by atoms with Crippen molar-refractivity contribution in [3.8, 4) is 5.75 Å². The summed E-state index contributed by atoms with van der Waals surface area (Å²) in [4.78, 5) is 12.7. The summed E-state index contributed by atoms with van der Waals surface area (Å²) in [6.45, 7) is 0. The first kappa shape index (κ1) is 13.7. The molecule has 0 bridgehead atoms. The van der Waals surface area contributed by atoms with Crippen molar-refractivity contribution in [3.63, 3.8) is 0 Å². The number of methoxy groups -OCH3 is 1. The third-order valence-corrected chi connectivity index (χ3v) is 5.26. The molecule has 0 aliphatic heterocycles. The van der Waals surface area contributed by atoms with E-state index in [1.807, 2.05) is 24.3 Å². The van der Waals surface area contributed by atoms with Gasteiger partial charge in [0.05, 0.1) is 7.11 Å². The Morgan fingerprint density at radius 1 is 1.10 bits per heavy atom. The van der Waals surface area contributed by atoms with E-state index in [0.717, 1.165) is 36.0 Å². The summed E-state index contributed by atoms with van der Waals surface area (Å²) in [6.07, 6.45) is 8.94. The van der Waals surface area contributed by atoms with E-state index in [2.05, 4.69) is 0 Å². The summed E-state index contributed by atoms with van der Waals surface area (Å²) in [5.74, 6) is 3.05. The SMILES string of the molecule is COc1cccc(C(=O)C2CCC3CCCCC3C2)c1. The van der Waals surface area contributed by atoms with Crippen molar-refractivity contribution in [1.82, 2.24) is 0 Å². The number of ether oxygens (including phenoxy) is 1. The van der Waals surface area contributed by atoms with Gasteiger partial charge in [0.15, 0.2) is 5.78 Å². The van der Waals surface area contributed by atoms with Crippen molar-refractivity contribution in [3.05, 3.63) is 29.8 Å².